The van der Waals surface area contributed by atoms with Gasteiger partial charge in [-0.2, -0.15) is 0 Å². The second kappa shape index (κ2) is 9.17. The molecule has 1 N–H and O–H groups in total. The van der Waals surface area contributed by atoms with Crippen LogP contribution in [0, 0.1) is 11.7 Å². The fourth-order valence-corrected chi connectivity index (χ4v) is 3.39. The van der Waals surface area contributed by atoms with Crippen LogP contribution < -0.4 is 10.2 Å². The highest BCUT2D eigenvalue weighted by molar-refractivity contribution is 9.10. The van der Waals surface area contributed by atoms with Crippen LogP contribution >= 0.6 is 15.9 Å². The standard InChI is InChI=1S/C21H20BrFN2O4/c1-2-13-3-6-16(7-4-13)25-11-14(9-20(25)27)21(28)29-12-19(26)24-18-8-5-15(22)10-17(18)23/h3-8,10,14H,2,9,11-12H2,1H3,(H,24,26)/t14-/m0/s1. The average Bonchev–Trinajstić information content (AvgIpc) is 3.10. The van der Waals surface area contributed by atoms with Gasteiger partial charge in [-0.05, 0) is 42.3 Å². The van der Waals surface area contributed by atoms with Crippen LogP contribution in [0.4, 0.5) is 15.8 Å². The number of hydrogen-bond donors (Lipinski definition) is 1. The minimum atomic E-state index is -0.657. The number of halogens is 2. The van der Waals surface area contributed by atoms with Crippen LogP contribution in [0.5, 0.6) is 0 Å². The molecule has 3 rings (SSSR count). The number of nitrogens with one attached hydrogen (secondary N) is 1. The van der Waals surface area contributed by atoms with Gasteiger partial charge in [0.05, 0.1) is 11.6 Å². The SMILES string of the molecule is CCc1ccc(N2C[C@@H](C(=O)OCC(=O)Nc3ccc(Br)cc3F)CC2=O)cc1. The summed E-state index contributed by atoms with van der Waals surface area (Å²) in [5.41, 5.74) is 1.88. The number of benzene rings is 2. The molecule has 1 fully saturated rings. The van der Waals surface area contributed by atoms with Gasteiger partial charge in [0, 0.05) is 23.1 Å². The zero-order valence-corrected chi connectivity index (χ0v) is 17.4. The molecule has 29 heavy (non-hydrogen) atoms. The molecule has 0 saturated carbocycles. The van der Waals surface area contributed by atoms with Crippen LogP contribution in [0.1, 0.15) is 18.9 Å². The van der Waals surface area contributed by atoms with Gasteiger partial charge in [-0.3, -0.25) is 14.4 Å². The molecule has 1 aliphatic heterocycles. The number of anilines is 2. The van der Waals surface area contributed by atoms with Gasteiger partial charge in [0.25, 0.3) is 5.91 Å². The Morgan fingerprint density at radius 3 is 2.62 bits per heavy atom. The van der Waals surface area contributed by atoms with Gasteiger partial charge in [0.1, 0.15) is 5.82 Å². The first-order valence-corrected chi connectivity index (χ1v) is 9.97. The van der Waals surface area contributed by atoms with E-state index in [4.69, 9.17) is 4.74 Å². The first kappa shape index (κ1) is 21.0. The van der Waals surface area contributed by atoms with Crippen molar-refractivity contribution in [1.82, 2.24) is 0 Å². The van der Waals surface area contributed by atoms with E-state index < -0.39 is 30.2 Å². The van der Waals surface area contributed by atoms with E-state index in [9.17, 15) is 18.8 Å². The van der Waals surface area contributed by atoms with E-state index in [0.29, 0.717) is 4.47 Å². The molecule has 1 atom stereocenters. The lowest BCUT2D eigenvalue weighted by molar-refractivity contribution is -0.151. The Bertz CT molecular complexity index is 933. The maximum atomic E-state index is 13.8. The van der Waals surface area contributed by atoms with Gasteiger partial charge in [-0.25, -0.2) is 4.39 Å². The topological polar surface area (TPSA) is 75.7 Å². The van der Waals surface area contributed by atoms with Gasteiger partial charge >= 0.3 is 5.97 Å². The Morgan fingerprint density at radius 1 is 1.24 bits per heavy atom. The summed E-state index contributed by atoms with van der Waals surface area (Å²) in [6.45, 7) is 1.69. The van der Waals surface area contributed by atoms with Crippen LogP contribution in [0.3, 0.4) is 0 Å². The van der Waals surface area contributed by atoms with Crippen molar-refractivity contribution in [3.05, 3.63) is 58.3 Å². The number of carbonyl (C=O) groups excluding carboxylic acids is 3. The highest BCUT2D eigenvalue weighted by atomic mass is 79.9. The minimum absolute atomic E-state index is 0.00741. The second-order valence-corrected chi connectivity index (χ2v) is 7.62. The lowest BCUT2D eigenvalue weighted by atomic mass is 10.1. The summed E-state index contributed by atoms with van der Waals surface area (Å²) in [6, 6.07) is 11.8. The molecule has 2 aromatic carbocycles. The number of amides is 2. The van der Waals surface area contributed by atoms with Crippen LogP contribution in [0.15, 0.2) is 46.9 Å². The van der Waals surface area contributed by atoms with Crippen LogP contribution in [-0.2, 0) is 25.5 Å². The highest BCUT2D eigenvalue weighted by Gasteiger charge is 2.36. The maximum Gasteiger partial charge on any atom is 0.311 e. The van der Waals surface area contributed by atoms with Crippen molar-refractivity contribution in [2.75, 3.05) is 23.4 Å². The van der Waals surface area contributed by atoms with Gasteiger partial charge in [0.15, 0.2) is 6.61 Å². The maximum absolute atomic E-state index is 13.8. The lowest BCUT2D eigenvalue weighted by Gasteiger charge is -2.17. The van der Waals surface area contributed by atoms with Gasteiger partial charge in [-0.1, -0.05) is 35.0 Å². The molecule has 0 bridgehead atoms. The molecule has 152 valence electrons. The molecule has 0 radical (unpaired) electrons. The van der Waals surface area contributed by atoms with Crippen molar-refractivity contribution in [1.29, 1.82) is 0 Å². The zero-order valence-electron chi connectivity index (χ0n) is 15.8. The van der Waals surface area contributed by atoms with E-state index in [1.165, 1.54) is 12.1 Å². The Hall–Kier alpha value is -2.74. The van der Waals surface area contributed by atoms with E-state index >= 15 is 0 Å². The predicted octanol–water partition coefficient (Wildman–Crippen LogP) is 3.69. The lowest BCUT2D eigenvalue weighted by Crippen LogP contribution is -2.28. The minimum Gasteiger partial charge on any atom is -0.455 e. The zero-order chi connectivity index (χ0) is 21.0. The fourth-order valence-electron chi connectivity index (χ4n) is 3.06. The molecule has 0 aliphatic carbocycles. The number of carbonyl (C=O) groups is 3. The monoisotopic (exact) mass is 462 g/mol. The molecule has 2 amide bonds. The molecule has 1 aliphatic rings. The summed E-state index contributed by atoms with van der Waals surface area (Å²) in [4.78, 5) is 38.0. The summed E-state index contributed by atoms with van der Waals surface area (Å²) in [5, 5.41) is 2.35. The first-order chi connectivity index (χ1) is 13.9. The van der Waals surface area contributed by atoms with Crippen LogP contribution in [0.25, 0.3) is 0 Å². The molecular formula is C21H20BrFN2O4. The molecule has 6 nitrogen and oxygen atoms in total. The van der Waals surface area contributed by atoms with E-state index in [1.54, 1.807) is 11.0 Å². The number of aryl methyl sites for hydroxylation is 1. The molecule has 0 unspecified atom stereocenters. The van der Waals surface area contributed by atoms with Crippen molar-refractivity contribution in [3.63, 3.8) is 0 Å². The van der Waals surface area contributed by atoms with E-state index in [1.807, 2.05) is 31.2 Å². The molecule has 0 aromatic heterocycles. The third-order valence-corrected chi connectivity index (χ3v) is 5.16. The first-order valence-electron chi connectivity index (χ1n) is 9.18. The summed E-state index contributed by atoms with van der Waals surface area (Å²) in [6.07, 6.45) is 0.923. The molecule has 1 saturated heterocycles. The summed E-state index contributed by atoms with van der Waals surface area (Å²) >= 11 is 3.13. The highest BCUT2D eigenvalue weighted by Crippen LogP contribution is 2.26. The smallest absolute Gasteiger partial charge is 0.311 e. The predicted molar refractivity (Wildman–Crippen MR) is 110 cm³/mol. The van der Waals surface area contributed by atoms with Crippen molar-refractivity contribution >= 4 is 45.1 Å². The van der Waals surface area contributed by atoms with E-state index in [-0.39, 0.29) is 24.6 Å². The van der Waals surface area contributed by atoms with Crippen molar-refractivity contribution < 1.29 is 23.5 Å². The van der Waals surface area contributed by atoms with Gasteiger partial charge in [0.2, 0.25) is 5.91 Å². The Labute approximate surface area is 176 Å². The van der Waals surface area contributed by atoms with Crippen molar-refractivity contribution in [3.8, 4) is 0 Å². The Balaban J connectivity index is 1.52. The van der Waals surface area contributed by atoms with E-state index in [0.717, 1.165) is 17.7 Å². The normalized spacial score (nSPS) is 16.0. The molecule has 8 heteroatoms. The third-order valence-electron chi connectivity index (χ3n) is 4.67. The molecule has 1 heterocycles. The second-order valence-electron chi connectivity index (χ2n) is 6.71. The summed E-state index contributed by atoms with van der Waals surface area (Å²) in [5.74, 6) is -2.71. The van der Waals surface area contributed by atoms with E-state index in [2.05, 4.69) is 21.2 Å². The van der Waals surface area contributed by atoms with Gasteiger partial charge in [-0.15, -0.1) is 0 Å². The van der Waals surface area contributed by atoms with Gasteiger partial charge < -0.3 is 15.0 Å². The molecular weight excluding hydrogens is 443 g/mol. The van der Waals surface area contributed by atoms with Crippen molar-refractivity contribution in [2.24, 2.45) is 5.92 Å². The van der Waals surface area contributed by atoms with Crippen LogP contribution in [0.2, 0.25) is 0 Å². The number of hydrogen-bond acceptors (Lipinski definition) is 4. The quantitative estimate of drug-likeness (QED) is 0.664. The molecule has 2 aromatic rings. The average molecular weight is 463 g/mol. The summed E-state index contributed by atoms with van der Waals surface area (Å²) < 4.78 is 19.3. The largest absolute Gasteiger partial charge is 0.455 e. The van der Waals surface area contributed by atoms with Crippen LogP contribution in [-0.4, -0.2) is 30.9 Å². The third kappa shape index (κ3) is 5.20. The number of rotatable bonds is 6. The molecule has 0 spiro atoms. The number of esters is 1. The Kier molecular flexibility index (Phi) is 6.64. The fraction of sp³-hybridized carbons (Fsp3) is 0.286. The summed E-state index contributed by atoms with van der Waals surface area (Å²) in [7, 11) is 0. The van der Waals surface area contributed by atoms with Crippen molar-refractivity contribution in [2.45, 2.75) is 19.8 Å². The Morgan fingerprint density at radius 2 is 1.97 bits per heavy atom. The number of nitrogens with zero attached hydrogens (tertiary/aromatic N) is 1. The number of ether oxygens (including phenoxy) is 1.